The largest absolute Gasteiger partial charge is 0.346 e. The molecule has 0 aliphatic carbocycles. The quantitative estimate of drug-likeness (QED) is 0.734. The second kappa shape index (κ2) is 7.13. The van der Waals surface area contributed by atoms with Crippen molar-refractivity contribution in [3.8, 4) is 0 Å². The fraction of sp³-hybridized carbons (Fsp3) is 0.150. The van der Waals surface area contributed by atoms with Gasteiger partial charge in [0.1, 0.15) is 5.82 Å². The van der Waals surface area contributed by atoms with Crippen LogP contribution in [0.2, 0.25) is 0 Å². The Hall–Kier alpha value is -2.88. The molecule has 3 rings (SSSR count). The lowest BCUT2D eigenvalue weighted by atomic mass is 10.0. The van der Waals surface area contributed by atoms with Gasteiger partial charge in [-0.3, -0.25) is 4.79 Å². The molecule has 2 aromatic carbocycles. The summed E-state index contributed by atoms with van der Waals surface area (Å²) in [7, 11) is 0. The highest BCUT2D eigenvalue weighted by Crippen LogP contribution is 2.23. The van der Waals surface area contributed by atoms with Crippen molar-refractivity contribution in [3.05, 3.63) is 90.0 Å². The van der Waals surface area contributed by atoms with Gasteiger partial charge < -0.3 is 9.88 Å². The van der Waals surface area contributed by atoms with Crippen LogP contribution in [0, 0.1) is 12.7 Å². The second-order valence-electron chi connectivity index (χ2n) is 5.82. The van der Waals surface area contributed by atoms with E-state index in [1.54, 1.807) is 12.1 Å². The van der Waals surface area contributed by atoms with Crippen LogP contribution in [0.5, 0.6) is 0 Å². The van der Waals surface area contributed by atoms with Crippen LogP contribution in [0.15, 0.2) is 73.1 Å². The predicted molar refractivity (Wildman–Crippen MR) is 93.4 cm³/mol. The minimum Gasteiger partial charge on any atom is -0.346 e. The van der Waals surface area contributed by atoms with Crippen LogP contribution in [-0.4, -0.2) is 10.5 Å². The van der Waals surface area contributed by atoms with Crippen molar-refractivity contribution in [1.82, 2.24) is 4.57 Å². The molecule has 0 radical (unpaired) electrons. The Morgan fingerprint density at radius 1 is 1.04 bits per heavy atom. The van der Waals surface area contributed by atoms with E-state index >= 15 is 0 Å². The summed E-state index contributed by atoms with van der Waals surface area (Å²) in [6, 6.07) is 17.6. The molecule has 0 aliphatic heterocycles. The number of nitrogens with zero attached hydrogens (tertiary/aromatic N) is 1. The summed E-state index contributed by atoms with van der Waals surface area (Å²) in [4.78, 5) is 12.4. The summed E-state index contributed by atoms with van der Waals surface area (Å²) in [6.45, 7) is 2.00. The third-order valence-corrected chi connectivity index (χ3v) is 3.96. The molecule has 0 saturated carbocycles. The molecule has 3 aromatic rings. The summed E-state index contributed by atoms with van der Waals surface area (Å²) in [5.74, 6) is -0.365. The summed E-state index contributed by atoms with van der Waals surface area (Å²) < 4.78 is 15.1. The summed E-state index contributed by atoms with van der Waals surface area (Å²) in [5, 5.41) is 2.92. The molecular formula is C20H19FN2O. The van der Waals surface area contributed by atoms with Crippen LogP contribution >= 0.6 is 0 Å². The maximum absolute atomic E-state index is 13.2. The average molecular weight is 322 g/mol. The van der Waals surface area contributed by atoms with E-state index < -0.39 is 0 Å². The van der Waals surface area contributed by atoms with Crippen molar-refractivity contribution in [2.24, 2.45) is 0 Å². The van der Waals surface area contributed by atoms with Crippen LogP contribution in [0.4, 0.5) is 10.1 Å². The van der Waals surface area contributed by atoms with E-state index in [0.29, 0.717) is 0 Å². The summed E-state index contributed by atoms with van der Waals surface area (Å²) in [6.07, 6.45) is 4.09. The molecule has 3 nitrogen and oxygen atoms in total. The van der Waals surface area contributed by atoms with Crippen molar-refractivity contribution in [2.75, 3.05) is 5.32 Å². The molecule has 122 valence electrons. The highest BCUT2D eigenvalue weighted by molar-refractivity contribution is 5.91. The smallest absolute Gasteiger partial charge is 0.226 e. The second-order valence-corrected chi connectivity index (χ2v) is 5.82. The molecule has 0 aliphatic rings. The molecule has 0 fully saturated rings. The van der Waals surface area contributed by atoms with Crippen LogP contribution in [0.3, 0.4) is 0 Å². The van der Waals surface area contributed by atoms with Gasteiger partial charge in [-0.1, -0.05) is 29.8 Å². The number of aryl methyl sites for hydroxylation is 1. The molecule has 4 heteroatoms. The van der Waals surface area contributed by atoms with Gasteiger partial charge in [0.2, 0.25) is 5.91 Å². The first-order valence-corrected chi connectivity index (χ1v) is 7.86. The fourth-order valence-corrected chi connectivity index (χ4v) is 2.66. The number of nitrogens with one attached hydrogen (secondary N) is 1. The van der Waals surface area contributed by atoms with E-state index in [2.05, 4.69) is 5.32 Å². The van der Waals surface area contributed by atoms with Gasteiger partial charge >= 0.3 is 0 Å². The monoisotopic (exact) mass is 322 g/mol. The van der Waals surface area contributed by atoms with Crippen LogP contribution in [-0.2, 0) is 4.79 Å². The van der Waals surface area contributed by atoms with Crippen LogP contribution in [0.1, 0.15) is 23.6 Å². The molecular weight excluding hydrogens is 303 g/mol. The number of amides is 1. The maximum atomic E-state index is 13.2. The Kier molecular flexibility index (Phi) is 4.75. The number of halogens is 1. The Morgan fingerprint density at radius 3 is 2.29 bits per heavy atom. The minimum absolute atomic E-state index is 0.0816. The Bertz CT molecular complexity index is 793. The standard InChI is InChI=1S/C20H19FN2O/c1-15-4-10-18(11-5-15)22-20(24)14-19(23-12-2-3-13-23)16-6-8-17(21)9-7-16/h2-13,19H,14H2,1H3,(H,22,24). The van der Waals surface area contributed by atoms with Crippen molar-refractivity contribution in [2.45, 2.75) is 19.4 Å². The van der Waals surface area contributed by atoms with E-state index in [4.69, 9.17) is 0 Å². The zero-order chi connectivity index (χ0) is 16.9. The van der Waals surface area contributed by atoms with Gasteiger partial charge in [-0.25, -0.2) is 4.39 Å². The lowest BCUT2D eigenvalue weighted by Gasteiger charge is -2.19. The number of hydrogen-bond donors (Lipinski definition) is 1. The molecule has 0 saturated heterocycles. The number of hydrogen-bond acceptors (Lipinski definition) is 1. The number of anilines is 1. The van der Waals surface area contributed by atoms with E-state index in [1.807, 2.05) is 60.3 Å². The van der Waals surface area contributed by atoms with Gasteiger partial charge in [-0.15, -0.1) is 0 Å². The normalized spacial score (nSPS) is 11.9. The summed E-state index contributed by atoms with van der Waals surface area (Å²) in [5.41, 5.74) is 2.81. The third-order valence-electron chi connectivity index (χ3n) is 3.96. The third kappa shape index (κ3) is 3.90. The van der Waals surface area contributed by atoms with Gasteiger partial charge in [0, 0.05) is 18.1 Å². The molecule has 1 heterocycles. The number of carbonyl (C=O) groups is 1. The minimum atomic E-state index is -0.283. The van der Waals surface area contributed by atoms with Gasteiger partial charge in [-0.2, -0.15) is 0 Å². The molecule has 1 N–H and O–H groups in total. The van der Waals surface area contributed by atoms with E-state index in [0.717, 1.165) is 16.8 Å². The summed E-state index contributed by atoms with van der Waals surface area (Å²) >= 11 is 0. The highest BCUT2D eigenvalue weighted by Gasteiger charge is 2.17. The molecule has 1 unspecified atom stereocenters. The number of aromatic nitrogens is 1. The SMILES string of the molecule is Cc1ccc(NC(=O)CC(c2ccc(F)cc2)n2cccc2)cc1. The number of rotatable bonds is 5. The van der Waals surface area contributed by atoms with Crippen molar-refractivity contribution in [1.29, 1.82) is 0 Å². The topological polar surface area (TPSA) is 34.0 Å². The van der Waals surface area contributed by atoms with Gasteiger partial charge in [-0.05, 0) is 48.9 Å². The lowest BCUT2D eigenvalue weighted by molar-refractivity contribution is -0.116. The van der Waals surface area contributed by atoms with Crippen LogP contribution < -0.4 is 5.32 Å². The molecule has 1 amide bonds. The predicted octanol–water partition coefficient (Wildman–Crippen LogP) is 4.55. The average Bonchev–Trinajstić information content (AvgIpc) is 3.10. The van der Waals surface area contributed by atoms with E-state index in [1.165, 1.54) is 12.1 Å². The van der Waals surface area contributed by atoms with Crippen LogP contribution in [0.25, 0.3) is 0 Å². The maximum Gasteiger partial charge on any atom is 0.226 e. The Balaban J connectivity index is 1.77. The van der Waals surface area contributed by atoms with E-state index in [-0.39, 0.29) is 24.2 Å². The van der Waals surface area contributed by atoms with Crippen molar-refractivity contribution >= 4 is 11.6 Å². The molecule has 0 bridgehead atoms. The first-order valence-electron chi connectivity index (χ1n) is 7.86. The first kappa shape index (κ1) is 16.0. The van der Waals surface area contributed by atoms with Gasteiger partial charge in [0.05, 0.1) is 12.5 Å². The number of benzene rings is 2. The van der Waals surface area contributed by atoms with E-state index in [9.17, 15) is 9.18 Å². The highest BCUT2D eigenvalue weighted by atomic mass is 19.1. The number of carbonyl (C=O) groups excluding carboxylic acids is 1. The fourth-order valence-electron chi connectivity index (χ4n) is 2.66. The Labute approximate surface area is 140 Å². The zero-order valence-corrected chi connectivity index (χ0v) is 13.4. The lowest BCUT2D eigenvalue weighted by Crippen LogP contribution is -2.19. The molecule has 1 aromatic heterocycles. The van der Waals surface area contributed by atoms with Crippen molar-refractivity contribution in [3.63, 3.8) is 0 Å². The molecule has 0 spiro atoms. The van der Waals surface area contributed by atoms with Gasteiger partial charge in [0.15, 0.2) is 0 Å². The van der Waals surface area contributed by atoms with Crippen molar-refractivity contribution < 1.29 is 9.18 Å². The molecule has 24 heavy (non-hydrogen) atoms. The Morgan fingerprint density at radius 2 is 1.67 bits per heavy atom. The zero-order valence-electron chi connectivity index (χ0n) is 13.4. The first-order chi connectivity index (χ1) is 11.6. The molecule has 1 atom stereocenters. The van der Waals surface area contributed by atoms with Gasteiger partial charge in [0.25, 0.3) is 0 Å².